The van der Waals surface area contributed by atoms with Crippen LogP contribution < -0.4 is 0 Å². The molecular weight excluding hydrogens is 721 g/mol. The summed E-state index contributed by atoms with van der Waals surface area (Å²) < 4.78 is 15.4. The van der Waals surface area contributed by atoms with Gasteiger partial charge in [-0.25, -0.2) is 15.0 Å². The molecule has 5 aromatic heterocycles. The smallest absolute Gasteiger partial charge is 0.164 e. The molecule has 0 amide bonds. The number of aromatic nitrogens is 4. The predicted octanol–water partition coefficient (Wildman–Crippen LogP) is 13.8. The summed E-state index contributed by atoms with van der Waals surface area (Å²) in [5, 5.41) is 6.51. The number of rotatable bonds is 5. The van der Waals surface area contributed by atoms with Gasteiger partial charge in [0, 0.05) is 64.6 Å². The van der Waals surface area contributed by atoms with Crippen LogP contribution in [0.5, 0.6) is 0 Å². The van der Waals surface area contributed by atoms with Gasteiger partial charge in [0.2, 0.25) is 0 Å². The maximum Gasteiger partial charge on any atom is 0.164 e. The van der Waals surface area contributed by atoms with E-state index in [1.165, 1.54) is 20.2 Å². The Bertz CT molecular complexity index is 3530. The third-order valence-corrected chi connectivity index (χ3v) is 12.0. The van der Waals surface area contributed by atoms with Gasteiger partial charge >= 0.3 is 0 Å². The third kappa shape index (κ3) is 5.24. The number of hydrogen-bond donors (Lipinski definition) is 0. The summed E-state index contributed by atoms with van der Waals surface area (Å²) in [6, 6.07) is 54.6. The molecule has 12 rings (SSSR count). The van der Waals surface area contributed by atoms with E-state index in [9.17, 15) is 0 Å². The molecule has 0 aliphatic rings. The highest BCUT2D eigenvalue weighted by Gasteiger charge is 2.21. The van der Waals surface area contributed by atoms with Crippen molar-refractivity contribution in [2.24, 2.45) is 0 Å². The van der Waals surface area contributed by atoms with Crippen LogP contribution >= 0.6 is 11.3 Å². The Morgan fingerprint density at radius 1 is 0.368 bits per heavy atom. The molecule has 7 aromatic carbocycles. The van der Waals surface area contributed by atoms with Gasteiger partial charge in [0.05, 0.1) is 6.20 Å². The van der Waals surface area contributed by atoms with E-state index in [0.717, 1.165) is 77.2 Å². The molecule has 0 bridgehead atoms. The predicted molar refractivity (Wildman–Crippen MR) is 232 cm³/mol. The van der Waals surface area contributed by atoms with E-state index in [4.69, 9.17) is 23.8 Å². The SMILES string of the molecule is c1ccc(-c2ccc(-c3nc(-c4ccc5c(c4)oc4ccccc45)nc(-c4cc(-c5ccc6c(c5)sc5ccccc56)cc5oc6cnccc6c45)n3)cc2)cc1. The molecule has 57 heavy (non-hydrogen) atoms. The lowest BCUT2D eigenvalue weighted by atomic mass is 9.97. The summed E-state index contributed by atoms with van der Waals surface area (Å²) in [4.78, 5) is 20.0. The van der Waals surface area contributed by atoms with Gasteiger partial charge in [-0.1, -0.05) is 109 Å². The first-order valence-corrected chi connectivity index (χ1v) is 19.6. The van der Waals surface area contributed by atoms with Gasteiger partial charge in [-0.2, -0.15) is 0 Å². The lowest BCUT2D eigenvalue weighted by molar-refractivity contribution is 0.667. The number of pyridine rings is 1. The average molecular weight is 749 g/mol. The van der Waals surface area contributed by atoms with Crippen LogP contribution in [0.25, 0.3) is 120 Å². The lowest BCUT2D eigenvalue weighted by Crippen LogP contribution is -2.01. The fourth-order valence-corrected chi connectivity index (χ4v) is 9.22. The monoisotopic (exact) mass is 748 g/mol. The summed E-state index contributed by atoms with van der Waals surface area (Å²) >= 11 is 1.81. The van der Waals surface area contributed by atoms with Crippen LogP contribution in [-0.4, -0.2) is 19.9 Å². The number of hydrogen-bond acceptors (Lipinski definition) is 7. The molecule has 0 fully saturated rings. The van der Waals surface area contributed by atoms with Crippen molar-refractivity contribution in [2.75, 3.05) is 0 Å². The second kappa shape index (κ2) is 12.5. The van der Waals surface area contributed by atoms with Crippen LogP contribution in [0.1, 0.15) is 0 Å². The first kappa shape index (κ1) is 31.8. The molecule has 12 aromatic rings. The van der Waals surface area contributed by atoms with Crippen molar-refractivity contribution < 1.29 is 8.83 Å². The number of furan rings is 2. The van der Waals surface area contributed by atoms with E-state index >= 15 is 0 Å². The Balaban J connectivity index is 1.09. The number of para-hydroxylation sites is 1. The summed E-state index contributed by atoms with van der Waals surface area (Å²) in [7, 11) is 0. The van der Waals surface area contributed by atoms with Gasteiger partial charge in [-0.05, 0) is 70.8 Å². The second-order valence-electron chi connectivity index (χ2n) is 14.2. The molecule has 0 aliphatic carbocycles. The van der Waals surface area contributed by atoms with Gasteiger partial charge in [-0.15, -0.1) is 11.3 Å². The van der Waals surface area contributed by atoms with E-state index in [1.807, 2.05) is 36.4 Å². The van der Waals surface area contributed by atoms with Gasteiger partial charge in [0.15, 0.2) is 23.1 Å². The van der Waals surface area contributed by atoms with Crippen molar-refractivity contribution in [1.29, 1.82) is 0 Å². The highest BCUT2D eigenvalue weighted by atomic mass is 32.1. The van der Waals surface area contributed by atoms with Crippen molar-refractivity contribution in [3.63, 3.8) is 0 Å². The molecule has 6 nitrogen and oxygen atoms in total. The van der Waals surface area contributed by atoms with E-state index in [2.05, 4.69) is 126 Å². The maximum atomic E-state index is 6.53. The Morgan fingerprint density at radius 2 is 1.00 bits per heavy atom. The van der Waals surface area contributed by atoms with Crippen LogP contribution in [0.3, 0.4) is 0 Å². The van der Waals surface area contributed by atoms with Crippen molar-refractivity contribution in [1.82, 2.24) is 19.9 Å². The molecule has 0 saturated carbocycles. The minimum absolute atomic E-state index is 0.543. The summed E-state index contributed by atoms with van der Waals surface area (Å²) in [6.07, 6.45) is 3.56. The number of fused-ring (bicyclic) bond motifs is 9. The number of nitrogens with zero attached hydrogens (tertiary/aromatic N) is 4. The van der Waals surface area contributed by atoms with Crippen LogP contribution in [0.15, 0.2) is 179 Å². The molecule has 0 spiro atoms. The second-order valence-corrected chi connectivity index (χ2v) is 15.3. The standard InChI is InChI=1S/C50H28N4O2S/c1-2-8-29(9-3-1)30-14-16-31(17-15-30)48-52-49(33-19-20-36-35-10-4-6-12-41(35)55-42(36)25-33)54-50(53-48)40-24-34(26-43-47(40)39-22-23-51-28-44(39)56-43)32-18-21-38-37-11-5-7-13-45(37)57-46(38)27-32/h1-28H. The summed E-state index contributed by atoms with van der Waals surface area (Å²) in [5.41, 5.74) is 9.97. The van der Waals surface area contributed by atoms with Gasteiger partial charge in [0.25, 0.3) is 0 Å². The molecule has 266 valence electrons. The zero-order chi connectivity index (χ0) is 37.5. The summed E-state index contributed by atoms with van der Waals surface area (Å²) in [6.45, 7) is 0. The van der Waals surface area contributed by atoms with Gasteiger partial charge < -0.3 is 8.83 Å². The third-order valence-electron chi connectivity index (χ3n) is 10.9. The van der Waals surface area contributed by atoms with E-state index in [0.29, 0.717) is 23.1 Å². The first-order chi connectivity index (χ1) is 28.2. The highest BCUT2D eigenvalue weighted by molar-refractivity contribution is 7.25. The minimum atomic E-state index is 0.543. The minimum Gasteiger partial charge on any atom is -0.456 e. The lowest BCUT2D eigenvalue weighted by Gasteiger charge is -2.11. The molecule has 5 heterocycles. The average Bonchev–Trinajstić information content (AvgIpc) is 3.97. The number of thiophene rings is 1. The fourth-order valence-electron chi connectivity index (χ4n) is 8.07. The normalized spacial score (nSPS) is 11.9. The Labute approximate surface area is 329 Å². The fraction of sp³-hybridized carbons (Fsp3) is 0. The van der Waals surface area contributed by atoms with E-state index in [-0.39, 0.29) is 0 Å². The van der Waals surface area contributed by atoms with Crippen molar-refractivity contribution in [2.45, 2.75) is 0 Å². The van der Waals surface area contributed by atoms with Crippen LogP contribution in [0, 0.1) is 0 Å². The highest BCUT2D eigenvalue weighted by Crippen LogP contribution is 2.42. The van der Waals surface area contributed by atoms with E-state index in [1.54, 1.807) is 23.7 Å². The number of benzene rings is 7. The first-order valence-electron chi connectivity index (χ1n) is 18.8. The van der Waals surface area contributed by atoms with Gasteiger partial charge in [0.1, 0.15) is 16.7 Å². The largest absolute Gasteiger partial charge is 0.456 e. The Kier molecular flexibility index (Phi) is 7.00. The zero-order valence-corrected chi connectivity index (χ0v) is 31.0. The molecule has 0 saturated heterocycles. The maximum absolute atomic E-state index is 6.53. The van der Waals surface area contributed by atoms with Crippen LogP contribution in [-0.2, 0) is 0 Å². The quantitative estimate of drug-likeness (QED) is 0.174. The van der Waals surface area contributed by atoms with Crippen molar-refractivity contribution >= 4 is 75.4 Å². The molecule has 0 N–H and O–H groups in total. The molecule has 0 unspecified atom stereocenters. The van der Waals surface area contributed by atoms with Crippen LogP contribution in [0.4, 0.5) is 0 Å². The molecule has 0 atom stereocenters. The molecule has 0 aliphatic heterocycles. The molecular formula is C50H28N4O2S. The van der Waals surface area contributed by atoms with Gasteiger partial charge in [-0.3, -0.25) is 4.98 Å². The summed E-state index contributed by atoms with van der Waals surface area (Å²) in [5.74, 6) is 1.66. The molecule has 0 radical (unpaired) electrons. The van der Waals surface area contributed by atoms with E-state index < -0.39 is 0 Å². The zero-order valence-electron chi connectivity index (χ0n) is 30.2. The molecule has 7 heteroatoms. The Morgan fingerprint density at radius 3 is 1.89 bits per heavy atom. The van der Waals surface area contributed by atoms with Crippen molar-refractivity contribution in [3.8, 4) is 56.4 Å². The topological polar surface area (TPSA) is 77.8 Å². The van der Waals surface area contributed by atoms with Crippen LogP contribution in [0.2, 0.25) is 0 Å². The Hall–Kier alpha value is -7.48. The van der Waals surface area contributed by atoms with Crippen molar-refractivity contribution in [3.05, 3.63) is 170 Å².